The molecule has 0 radical (unpaired) electrons. The highest BCUT2D eigenvalue weighted by atomic mass is 16.6. The van der Waals surface area contributed by atoms with Gasteiger partial charge in [-0.25, -0.2) is 9.69 Å². The minimum atomic E-state index is -1.39. The van der Waals surface area contributed by atoms with E-state index in [1.54, 1.807) is 0 Å². The largest absolute Gasteiger partial charge is 0.459 e. The van der Waals surface area contributed by atoms with E-state index in [2.05, 4.69) is 10.2 Å². The Morgan fingerprint density at radius 1 is 0.789 bits per heavy atom. The van der Waals surface area contributed by atoms with Crippen molar-refractivity contribution >= 4 is 23.9 Å². The Morgan fingerprint density at radius 3 is 2.07 bits per heavy atom. The zero-order valence-electron chi connectivity index (χ0n) is 34.5. The maximum absolute atomic E-state index is 16.0. The molecule has 5 saturated carbocycles. The van der Waals surface area contributed by atoms with E-state index in [1.165, 1.54) is 24.9 Å². The van der Waals surface area contributed by atoms with Gasteiger partial charge in [-0.1, -0.05) is 70.6 Å². The topological polar surface area (TPSA) is 155 Å². The summed E-state index contributed by atoms with van der Waals surface area (Å²) in [5.41, 5.74) is -1.39. The van der Waals surface area contributed by atoms with Gasteiger partial charge in [0.2, 0.25) is 11.8 Å². The van der Waals surface area contributed by atoms with Crippen molar-refractivity contribution in [2.24, 2.45) is 40.9 Å². The van der Waals surface area contributed by atoms with Gasteiger partial charge in [-0.05, 0) is 107 Å². The average molecular weight is 798 g/mol. The van der Waals surface area contributed by atoms with Gasteiger partial charge in [0.25, 0.3) is 0 Å². The van der Waals surface area contributed by atoms with E-state index >= 15 is 14.4 Å². The monoisotopic (exact) mass is 798 g/mol. The number of cyclic esters (lactones) is 1. The van der Waals surface area contributed by atoms with Crippen LogP contribution in [0.4, 0.5) is 4.79 Å². The second-order valence-electron chi connectivity index (χ2n) is 19.5. The van der Waals surface area contributed by atoms with Crippen molar-refractivity contribution in [2.75, 3.05) is 26.9 Å². The number of imide groups is 1. The number of morpholine rings is 1. The molecular formula is C45H71N3O9. The van der Waals surface area contributed by atoms with Gasteiger partial charge in [0.05, 0.1) is 36.2 Å². The molecule has 3 heterocycles. The minimum Gasteiger partial charge on any atom is -0.459 e. The van der Waals surface area contributed by atoms with Gasteiger partial charge < -0.3 is 29.7 Å². The third-order valence-corrected chi connectivity index (χ3v) is 16.5. The van der Waals surface area contributed by atoms with E-state index in [0.29, 0.717) is 38.5 Å². The Labute approximate surface area is 339 Å². The highest BCUT2D eigenvalue weighted by Crippen LogP contribution is 2.65. The second-order valence-corrected chi connectivity index (χ2v) is 19.5. The van der Waals surface area contributed by atoms with Gasteiger partial charge in [0.15, 0.2) is 0 Å². The first-order valence-electron chi connectivity index (χ1n) is 23.4. The highest BCUT2D eigenvalue weighted by Gasteiger charge is 2.79. The molecule has 12 nitrogen and oxygen atoms in total. The lowest BCUT2D eigenvalue weighted by Gasteiger charge is -2.54. The first-order chi connectivity index (χ1) is 27.8. The van der Waals surface area contributed by atoms with Crippen LogP contribution in [0.5, 0.6) is 0 Å². The van der Waals surface area contributed by atoms with Crippen molar-refractivity contribution < 1.29 is 43.6 Å². The molecule has 0 aromatic rings. The summed E-state index contributed by atoms with van der Waals surface area (Å²) < 4.78 is 17.7. The van der Waals surface area contributed by atoms with E-state index < -0.39 is 53.7 Å². The fourth-order valence-corrected chi connectivity index (χ4v) is 14.1. The molecular weight excluding hydrogens is 727 g/mol. The number of amides is 3. The number of ether oxygens (including phenoxy) is 3. The predicted molar refractivity (Wildman–Crippen MR) is 212 cm³/mol. The SMILES string of the molecule is COCCOC(=O)N1C(=O)[C@@]2(C3CCCCC31)[C@H](C(=O)NC[C@H](O)C1CCCCC1)[C@H]1C(=O)O[C@H](C3CCCCC3)[C@H](C3CCCCC3)N1[C@@H]2C1CCC(O)CC1. The van der Waals surface area contributed by atoms with Crippen LogP contribution >= 0.6 is 0 Å². The quantitative estimate of drug-likeness (QED) is 0.180. The van der Waals surface area contributed by atoms with Gasteiger partial charge in [0, 0.05) is 25.7 Å². The third-order valence-electron chi connectivity index (χ3n) is 16.5. The number of aliphatic hydroxyl groups is 2. The Bertz CT molecular complexity index is 1420. The lowest BCUT2D eigenvalue weighted by atomic mass is 9.56. The second kappa shape index (κ2) is 18.1. The van der Waals surface area contributed by atoms with E-state index in [-0.39, 0.29) is 73.3 Å². The predicted octanol–water partition coefficient (Wildman–Crippen LogP) is 5.89. The number of fused-ring (bicyclic) bond motifs is 3. The molecule has 9 atom stereocenters. The highest BCUT2D eigenvalue weighted by molar-refractivity contribution is 6.04. The summed E-state index contributed by atoms with van der Waals surface area (Å²) in [4.78, 5) is 64.7. The molecule has 3 saturated heterocycles. The number of rotatable bonds is 10. The molecule has 0 aromatic heterocycles. The maximum Gasteiger partial charge on any atom is 0.416 e. The Hall–Kier alpha value is -2.28. The van der Waals surface area contributed by atoms with Crippen molar-refractivity contribution in [2.45, 2.75) is 190 Å². The van der Waals surface area contributed by atoms with Crippen molar-refractivity contribution in [1.29, 1.82) is 0 Å². The van der Waals surface area contributed by atoms with Crippen molar-refractivity contribution in [3.63, 3.8) is 0 Å². The molecule has 3 N–H and O–H groups in total. The van der Waals surface area contributed by atoms with Crippen molar-refractivity contribution in [3.05, 3.63) is 0 Å². The summed E-state index contributed by atoms with van der Waals surface area (Å²) in [7, 11) is 1.54. The van der Waals surface area contributed by atoms with Gasteiger partial charge in [-0.15, -0.1) is 0 Å². The Morgan fingerprint density at radius 2 is 1.40 bits per heavy atom. The molecule has 1 spiro atoms. The molecule has 0 aromatic carbocycles. The molecule has 12 heteroatoms. The normalized spacial score (nSPS) is 39.1. The molecule has 57 heavy (non-hydrogen) atoms. The van der Waals surface area contributed by atoms with Crippen molar-refractivity contribution in [3.8, 4) is 0 Å². The maximum atomic E-state index is 16.0. The number of hydrogen-bond acceptors (Lipinski definition) is 10. The van der Waals surface area contributed by atoms with Crippen LogP contribution in [0.15, 0.2) is 0 Å². The van der Waals surface area contributed by atoms with Gasteiger partial charge >= 0.3 is 12.1 Å². The van der Waals surface area contributed by atoms with Gasteiger partial charge in [-0.2, -0.15) is 0 Å². The van der Waals surface area contributed by atoms with Crippen LogP contribution in [0.2, 0.25) is 0 Å². The van der Waals surface area contributed by atoms with Crippen LogP contribution in [-0.4, -0.2) is 113 Å². The summed E-state index contributed by atoms with van der Waals surface area (Å²) in [6.07, 6.45) is 19.2. The molecule has 2 unspecified atom stereocenters. The number of esters is 1. The summed E-state index contributed by atoms with van der Waals surface area (Å²) >= 11 is 0. The number of likely N-dealkylation sites (tertiary alicyclic amines) is 1. The number of carbonyl (C=O) groups excluding carboxylic acids is 4. The Kier molecular flexibility index (Phi) is 13.2. The number of carbonyl (C=O) groups is 4. The lowest BCUT2D eigenvalue weighted by Crippen LogP contribution is -2.66. The fraction of sp³-hybridized carbons (Fsp3) is 0.911. The zero-order chi connectivity index (χ0) is 39.7. The summed E-state index contributed by atoms with van der Waals surface area (Å²) in [6, 6.07) is -2.08. The summed E-state index contributed by atoms with van der Waals surface area (Å²) in [5, 5.41) is 25.5. The van der Waals surface area contributed by atoms with Crippen LogP contribution in [0, 0.1) is 40.9 Å². The Balaban J connectivity index is 1.28. The molecule has 5 aliphatic carbocycles. The first-order valence-corrected chi connectivity index (χ1v) is 23.4. The zero-order valence-corrected chi connectivity index (χ0v) is 34.5. The van der Waals surface area contributed by atoms with Gasteiger partial charge in [-0.3, -0.25) is 19.3 Å². The van der Waals surface area contributed by atoms with E-state index in [0.717, 1.165) is 96.3 Å². The summed E-state index contributed by atoms with van der Waals surface area (Å²) in [6.45, 7) is 0.256. The van der Waals surface area contributed by atoms with Crippen LogP contribution < -0.4 is 5.32 Å². The molecule has 8 rings (SSSR count). The third kappa shape index (κ3) is 7.69. The summed E-state index contributed by atoms with van der Waals surface area (Å²) in [5.74, 6) is -2.16. The lowest BCUT2D eigenvalue weighted by molar-refractivity contribution is -0.190. The average Bonchev–Trinajstić information content (AvgIpc) is 3.70. The number of nitrogens with one attached hydrogen (secondary N) is 1. The molecule has 3 aliphatic heterocycles. The molecule has 320 valence electrons. The first kappa shape index (κ1) is 41.5. The molecule has 8 aliphatic rings. The number of hydrogen-bond donors (Lipinski definition) is 3. The van der Waals surface area contributed by atoms with E-state index in [9.17, 15) is 15.0 Å². The van der Waals surface area contributed by atoms with Crippen molar-refractivity contribution in [1.82, 2.24) is 15.1 Å². The minimum absolute atomic E-state index is 0.00428. The number of methoxy groups -OCH3 is 1. The van der Waals surface area contributed by atoms with Gasteiger partial charge in [0.1, 0.15) is 18.8 Å². The van der Waals surface area contributed by atoms with E-state index in [4.69, 9.17) is 14.2 Å². The smallest absolute Gasteiger partial charge is 0.416 e. The molecule has 3 amide bonds. The molecule has 8 fully saturated rings. The van der Waals surface area contributed by atoms with Crippen LogP contribution in [-0.2, 0) is 28.6 Å². The molecule has 0 bridgehead atoms. The number of aliphatic hydroxyl groups excluding tert-OH is 2. The van der Waals surface area contributed by atoms with E-state index in [1.807, 2.05) is 0 Å². The standard InChI is InChI=1S/C45H71N3O9/c1-55-25-26-56-44(54)47-34-20-12-11-19-33(34)45(43(47)53)36(41(51)46-27-35(50)28-13-5-2-6-14-28)38-42(52)57-39(30-17-9-4-10-18-30)37(29-15-7-3-8-16-29)48(38)40(45)31-21-23-32(49)24-22-31/h28-40,49-50H,2-27H2,1H3,(H,46,51)/t31?,32?,33?,34?,35-,36-,37-,38-,39+,40+,45-/m0/s1. The van der Waals surface area contributed by atoms with Crippen LogP contribution in [0.25, 0.3) is 0 Å². The van der Waals surface area contributed by atoms with Crippen LogP contribution in [0.3, 0.4) is 0 Å². The number of nitrogens with zero attached hydrogens (tertiary/aromatic N) is 2. The van der Waals surface area contributed by atoms with Crippen LogP contribution in [0.1, 0.15) is 148 Å². The fourth-order valence-electron chi connectivity index (χ4n) is 14.1.